The lowest BCUT2D eigenvalue weighted by atomic mass is 10.3. The average Bonchev–Trinajstić information content (AvgIpc) is 2.95. The number of hydrogen-bond acceptors (Lipinski definition) is 6. The summed E-state index contributed by atoms with van der Waals surface area (Å²) in [6.45, 7) is 3.79. The number of halogens is 1. The van der Waals surface area contributed by atoms with Gasteiger partial charge in [-0.25, -0.2) is 19.3 Å². The van der Waals surface area contributed by atoms with Gasteiger partial charge in [-0.15, -0.1) is 11.3 Å². The molecule has 0 saturated carbocycles. The van der Waals surface area contributed by atoms with Crippen LogP contribution in [0.5, 0.6) is 0 Å². The predicted molar refractivity (Wildman–Crippen MR) is 95.6 cm³/mol. The lowest BCUT2D eigenvalue weighted by Crippen LogP contribution is -2.14. The van der Waals surface area contributed by atoms with Gasteiger partial charge in [-0.1, -0.05) is 0 Å². The minimum atomic E-state index is -0.346. The normalized spacial score (nSPS) is 10.5. The van der Waals surface area contributed by atoms with E-state index < -0.39 is 0 Å². The van der Waals surface area contributed by atoms with Gasteiger partial charge in [0.05, 0.1) is 12.1 Å². The van der Waals surface area contributed by atoms with Crippen molar-refractivity contribution in [2.45, 2.75) is 20.3 Å². The summed E-state index contributed by atoms with van der Waals surface area (Å²) in [6.07, 6.45) is 0.128. The van der Waals surface area contributed by atoms with Crippen molar-refractivity contribution in [3.63, 3.8) is 0 Å². The van der Waals surface area contributed by atoms with Gasteiger partial charge in [0.25, 0.3) is 0 Å². The maximum Gasteiger partial charge on any atom is 0.230 e. The average molecular weight is 357 g/mol. The van der Waals surface area contributed by atoms with E-state index in [0.29, 0.717) is 22.5 Å². The van der Waals surface area contributed by atoms with Crippen LogP contribution in [0.4, 0.5) is 21.2 Å². The quantitative estimate of drug-likeness (QED) is 0.729. The summed E-state index contributed by atoms with van der Waals surface area (Å²) >= 11 is 1.37. The number of anilines is 3. The highest BCUT2D eigenvalue weighted by atomic mass is 32.1. The molecule has 0 bridgehead atoms. The Labute approximate surface area is 148 Å². The lowest BCUT2D eigenvalue weighted by Gasteiger charge is -2.04. The second-order valence-corrected chi connectivity index (χ2v) is 6.33. The van der Waals surface area contributed by atoms with E-state index in [-0.39, 0.29) is 18.1 Å². The maximum absolute atomic E-state index is 12.9. The van der Waals surface area contributed by atoms with Crippen LogP contribution in [-0.2, 0) is 11.2 Å². The molecule has 0 spiro atoms. The van der Waals surface area contributed by atoms with E-state index in [1.165, 1.54) is 35.6 Å². The minimum absolute atomic E-state index is 0.128. The molecule has 0 fully saturated rings. The van der Waals surface area contributed by atoms with Gasteiger partial charge in [0.1, 0.15) is 5.82 Å². The van der Waals surface area contributed by atoms with Crippen LogP contribution in [0.3, 0.4) is 0 Å². The number of amides is 1. The third kappa shape index (κ3) is 4.80. The van der Waals surface area contributed by atoms with E-state index in [2.05, 4.69) is 25.6 Å². The predicted octanol–water partition coefficient (Wildman–Crippen LogP) is 3.61. The molecule has 0 aliphatic carbocycles. The van der Waals surface area contributed by atoms with E-state index in [1.54, 1.807) is 5.38 Å². The van der Waals surface area contributed by atoms with E-state index in [0.717, 1.165) is 11.4 Å². The zero-order valence-corrected chi connectivity index (χ0v) is 14.5. The molecular weight excluding hydrogens is 341 g/mol. The van der Waals surface area contributed by atoms with Gasteiger partial charge < -0.3 is 10.6 Å². The summed E-state index contributed by atoms with van der Waals surface area (Å²) in [7, 11) is 0. The fraction of sp³-hybridized carbons (Fsp3) is 0.176. The van der Waals surface area contributed by atoms with Crippen LogP contribution in [-0.4, -0.2) is 20.9 Å². The van der Waals surface area contributed by atoms with Gasteiger partial charge in [0, 0.05) is 22.5 Å². The van der Waals surface area contributed by atoms with Crippen LogP contribution in [0.2, 0.25) is 0 Å². The second-order valence-electron chi connectivity index (χ2n) is 5.48. The molecule has 1 amide bonds. The van der Waals surface area contributed by atoms with Crippen LogP contribution >= 0.6 is 11.3 Å². The van der Waals surface area contributed by atoms with Crippen molar-refractivity contribution in [3.8, 4) is 0 Å². The zero-order chi connectivity index (χ0) is 17.8. The third-order valence-electron chi connectivity index (χ3n) is 3.22. The maximum atomic E-state index is 12.9. The Morgan fingerprint density at radius 2 is 1.80 bits per heavy atom. The number of carbonyl (C=O) groups is 1. The molecule has 3 rings (SSSR count). The summed E-state index contributed by atoms with van der Waals surface area (Å²) < 4.78 is 12.9. The van der Waals surface area contributed by atoms with Gasteiger partial charge >= 0.3 is 0 Å². The molecule has 0 unspecified atom stereocenters. The summed E-state index contributed by atoms with van der Waals surface area (Å²) in [5.41, 5.74) is 2.91. The highest BCUT2D eigenvalue weighted by Crippen LogP contribution is 2.20. The number of aromatic nitrogens is 3. The minimum Gasteiger partial charge on any atom is -0.326 e. The van der Waals surface area contributed by atoms with E-state index in [9.17, 15) is 9.18 Å². The molecule has 6 nitrogen and oxygen atoms in total. The third-order valence-corrected chi connectivity index (χ3v) is 4.03. The second kappa shape index (κ2) is 7.35. The molecule has 25 heavy (non-hydrogen) atoms. The number of nitrogens with zero attached hydrogens (tertiary/aromatic N) is 3. The summed E-state index contributed by atoms with van der Waals surface area (Å²) in [4.78, 5) is 25.0. The van der Waals surface area contributed by atoms with E-state index in [1.807, 2.05) is 19.9 Å². The Kier molecular flexibility index (Phi) is 4.99. The van der Waals surface area contributed by atoms with Crippen LogP contribution in [0.1, 0.15) is 17.1 Å². The first-order valence-electron chi connectivity index (χ1n) is 7.57. The molecule has 0 radical (unpaired) electrons. The number of aryl methyl sites for hydroxylation is 2. The van der Waals surface area contributed by atoms with Crippen molar-refractivity contribution < 1.29 is 9.18 Å². The van der Waals surface area contributed by atoms with Crippen molar-refractivity contribution in [2.75, 3.05) is 10.6 Å². The van der Waals surface area contributed by atoms with Crippen molar-refractivity contribution >= 4 is 34.0 Å². The van der Waals surface area contributed by atoms with E-state index in [4.69, 9.17) is 0 Å². The monoisotopic (exact) mass is 357 g/mol. The highest BCUT2D eigenvalue weighted by Gasteiger charge is 2.09. The van der Waals surface area contributed by atoms with Gasteiger partial charge in [-0.05, 0) is 44.2 Å². The van der Waals surface area contributed by atoms with E-state index >= 15 is 0 Å². The molecule has 2 N–H and O–H groups in total. The number of carbonyl (C=O) groups excluding carboxylic acids is 1. The summed E-state index contributed by atoms with van der Waals surface area (Å²) in [5, 5.41) is 8.17. The number of hydrogen-bond donors (Lipinski definition) is 2. The number of rotatable bonds is 5. The van der Waals surface area contributed by atoms with Gasteiger partial charge in [0.2, 0.25) is 11.9 Å². The van der Waals surface area contributed by atoms with Gasteiger partial charge in [0.15, 0.2) is 5.13 Å². The van der Waals surface area contributed by atoms with Crippen molar-refractivity contribution in [2.24, 2.45) is 0 Å². The Balaban J connectivity index is 1.61. The molecule has 0 aliphatic heterocycles. The summed E-state index contributed by atoms with van der Waals surface area (Å²) in [5.74, 6) is -0.0814. The smallest absolute Gasteiger partial charge is 0.230 e. The molecule has 1 aromatic carbocycles. The molecule has 0 atom stereocenters. The van der Waals surface area contributed by atoms with Crippen LogP contribution in [0.15, 0.2) is 35.7 Å². The first kappa shape index (κ1) is 17.0. The topological polar surface area (TPSA) is 79.8 Å². The molecule has 128 valence electrons. The molecule has 2 aromatic heterocycles. The lowest BCUT2D eigenvalue weighted by molar-refractivity contribution is -0.115. The van der Waals surface area contributed by atoms with Crippen LogP contribution in [0, 0.1) is 19.7 Å². The highest BCUT2D eigenvalue weighted by molar-refractivity contribution is 7.13. The molecule has 3 aromatic rings. The van der Waals surface area contributed by atoms with Crippen molar-refractivity contribution in [1.82, 2.24) is 15.0 Å². The fourth-order valence-electron chi connectivity index (χ4n) is 2.23. The largest absolute Gasteiger partial charge is 0.326 e. The zero-order valence-electron chi connectivity index (χ0n) is 13.7. The Hall–Kier alpha value is -2.87. The Morgan fingerprint density at radius 3 is 2.48 bits per heavy atom. The summed E-state index contributed by atoms with van der Waals surface area (Å²) in [6, 6.07) is 7.50. The molecule has 2 heterocycles. The molecule has 0 saturated heterocycles. The standard InChI is InChI=1S/C17H16FN5OS/c1-10-7-11(2)20-16(19-10)23-17-22-14(9-25-17)8-15(24)21-13-5-3-12(18)4-6-13/h3-7,9H,8H2,1-2H3,(H,21,24)(H,19,20,22,23). The molecule has 0 aliphatic rings. The fourth-order valence-corrected chi connectivity index (χ4v) is 2.93. The Bertz CT molecular complexity index is 874. The number of nitrogens with one attached hydrogen (secondary N) is 2. The van der Waals surface area contributed by atoms with Crippen molar-refractivity contribution in [1.29, 1.82) is 0 Å². The Morgan fingerprint density at radius 1 is 1.12 bits per heavy atom. The van der Waals surface area contributed by atoms with Gasteiger partial charge in [-0.2, -0.15) is 0 Å². The van der Waals surface area contributed by atoms with Gasteiger partial charge in [-0.3, -0.25) is 4.79 Å². The first-order chi connectivity index (χ1) is 12.0. The first-order valence-corrected chi connectivity index (χ1v) is 8.45. The number of benzene rings is 1. The SMILES string of the molecule is Cc1cc(C)nc(Nc2nc(CC(=O)Nc3ccc(F)cc3)cs2)n1. The number of thiazole rings is 1. The van der Waals surface area contributed by atoms with Crippen LogP contribution < -0.4 is 10.6 Å². The van der Waals surface area contributed by atoms with Crippen LogP contribution in [0.25, 0.3) is 0 Å². The van der Waals surface area contributed by atoms with Crippen molar-refractivity contribution in [3.05, 3.63) is 58.6 Å². The molecular formula is C17H16FN5OS. The molecule has 8 heteroatoms.